The number of anilines is 2. The Morgan fingerprint density at radius 3 is 3.10 bits per heavy atom. The van der Waals surface area contributed by atoms with E-state index >= 15 is 0 Å². The third kappa shape index (κ3) is 2.16. The van der Waals surface area contributed by atoms with E-state index in [0.29, 0.717) is 17.8 Å². The topological polar surface area (TPSA) is 86.9 Å². The number of hydrogen-bond acceptors (Lipinski definition) is 3. The number of aromatic amines is 1. The van der Waals surface area contributed by atoms with Gasteiger partial charge in [0.25, 0.3) is 5.91 Å². The van der Waals surface area contributed by atoms with Gasteiger partial charge >= 0.3 is 0 Å². The predicted molar refractivity (Wildman–Crippen MR) is 74.7 cm³/mol. The van der Waals surface area contributed by atoms with Crippen LogP contribution in [-0.2, 0) is 17.6 Å². The smallest absolute Gasteiger partial charge is 0.256 e. The van der Waals surface area contributed by atoms with Gasteiger partial charge in [0.05, 0.1) is 12.6 Å². The van der Waals surface area contributed by atoms with Gasteiger partial charge in [0.2, 0.25) is 5.91 Å². The minimum Gasteiger partial charge on any atom is -0.326 e. The molecule has 1 aromatic carbocycles. The summed E-state index contributed by atoms with van der Waals surface area (Å²) in [6.45, 7) is 1.99. The van der Waals surface area contributed by atoms with Gasteiger partial charge in [0.15, 0.2) is 0 Å². The molecule has 6 nitrogen and oxygen atoms in total. The number of nitrogens with zero attached hydrogens (tertiary/aromatic N) is 1. The molecule has 1 aliphatic heterocycles. The molecule has 0 atom stereocenters. The molecular formula is C14H14N4O2. The molecular weight excluding hydrogens is 256 g/mol. The fourth-order valence-electron chi connectivity index (χ4n) is 2.24. The molecule has 0 aliphatic carbocycles. The Kier molecular flexibility index (Phi) is 2.98. The van der Waals surface area contributed by atoms with E-state index in [-0.39, 0.29) is 11.8 Å². The van der Waals surface area contributed by atoms with E-state index in [4.69, 9.17) is 0 Å². The first-order chi connectivity index (χ1) is 9.67. The SMILES string of the molecule is CCc1cn[nH]c1NC(=O)c1ccc2c(c1)CC(=O)N2. The highest BCUT2D eigenvalue weighted by Crippen LogP contribution is 2.24. The van der Waals surface area contributed by atoms with Crippen molar-refractivity contribution in [1.82, 2.24) is 10.2 Å². The molecule has 0 saturated carbocycles. The van der Waals surface area contributed by atoms with Crippen molar-refractivity contribution >= 4 is 23.3 Å². The van der Waals surface area contributed by atoms with Crippen LogP contribution in [0.4, 0.5) is 11.5 Å². The minimum atomic E-state index is -0.217. The van der Waals surface area contributed by atoms with Crippen LogP contribution in [0.15, 0.2) is 24.4 Å². The van der Waals surface area contributed by atoms with E-state index in [1.807, 2.05) is 6.92 Å². The van der Waals surface area contributed by atoms with Crippen LogP contribution in [0.5, 0.6) is 0 Å². The van der Waals surface area contributed by atoms with Crippen LogP contribution in [0.1, 0.15) is 28.4 Å². The second kappa shape index (κ2) is 4.80. The number of fused-ring (bicyclic) bond motifs is 1. The molecule has 0 bridgehead atoms. The Morgan fingerprint density at radius 2 is 2.30 bits per heavy atom. The average molecular weight is 270 g/mol. The zero-order valence-corrected chi connectivity index (χ0v) is 11.0. The monoisotopic (exact) mass is 270 g/mol. The maximum absolute atomic E-state index is 12.2. The summed E-state index contributed by atoms with van der Waals surface area (Å²) >= 11 is 0. The molecule has 0 radical (unpaired) electrons. The molecule has 0 spiro atoms. The van der Waals surface area contributed by atoms with E-state index in [9.17, 15) is 9.59 Å². The van der Waals surface area contributed by atoms with E-state index < -0.39 is 0 Å². The molecule has 20 heavy (non-hydrogen) atoms. The number of aromatic nitrogens is 2. The molecule has 0 saturated heterocycles. The molecule has 2 heterocycles. The van der Waals surface area contributed by atoms with Crippen LogP contribution in [-0.4, -0.2) is 22.0 Å². The highest BCUT2D eigenvalue weighted by Gasteiger charge is 2.19. The fraction of sp³-hybridized carbons (Fsp3) is 0.214. The number of H-pyrrole nitrogens is 1. The molecule has 3 N–H and O–H groups in total. The van der Waals surface area contributed by atoms with Crippen molar-refractivity contribution < 1.29 is 9.59 Å². The molecule has 0 fully saturated rings. The molecule has 6 heteroatoms. The minimum absolute atomic E-state index is 0.0422. The number of aryl methyl sites for hydroxylation is 1. The second-order valence-corrected chi connectivity index (χ2v) is 4.67. The van der Waals surface area contributed by atoms with Gasteiger partial charge in [-0.1, -0.05) is 6.92 Å². The fourth-order valence-corrected chi connectivity index (χ4v) is 2.24. The summed E-state index contributed by atoms with van der Waals surface area (Å²) in [4.78, 5) is 23.5. The van der Waals surface area contributed by atoms with Crippen LogP contribution in [0, 0.1) is 0 Å². The maximum atomic E-state index is 12.2. The van der Waals surface area contributed by atoms with Crippen molar-refractivity contribution in [1.29, 1.82) is 0 Å². The van der Waals surface area contributed by atoms with Gasteiger partial charge in [0, 0.05) is 16.8 Å². The van der Waals surface area contributed by atoms with Gasteiger partial charge in [0.1, 0.15) is 5.82 Å². The third-order valence-corrected chi connectivity index (χ3v) is 3.33. The van der Waals surface area contributed by atoms with Crippen molar-refractivity contribution in [3.63, 3.8) is 0 Å². The quantitative estimate of drug-likeness (QED) is 0.793. The summed E-state index contributed by atoms with van der Waals surface area (Å²) in [5, 5.41) is 12.2. The highest BCUT2D eigenvalue weighted by molar-refractivity contribution is 6.06. The van der Waals surface area contributed by atoms with Gasteiger partial charge in [-0.15, -0.1) is 0 Å². The normalized spacial score (nSPS) is 12.9. The van der Waals surface area contributed by atoms with E-state index in [0.717, 1.165) is 23.2 Å². The molecule has 2 aromatic rings. The molecule has 3 rings (SSSR count). The Balaban J connectivity index is 1.82. The number of hydrogen-bond donors (Lipinski definition) is 3. The summed E-state index contributed by atoms with van der Waals surface area (Å²) in [5.41, 5.74) is 3.11. The Morgan fingerprint density at radius 1 is 1.45 bits per heavy atom. The first-order valence-electron chi connectivity index (χ1n) is 6.43. The first kappa shape index (κ1) is 12.4. The lowest BCUT2D eigenvalue weighted by Gasteiger charge is -2.06. The van der Waals surface area contributed by atoms with Crippen LogP contribution in [0.3, 0.4) is 0 Å². The second-order valence-electron chi connectivity index (χ2n) is 4.67. The summed E-state index contributed by atoms with van der Waals surface area (Å²) in [5.74, 6) is 0.359. The van der Waals surface area contributed by atoms with E-state index in [1.165, 1.54) is 0 Å². The summed E-state index contributed by atoms with van der Waals surface area (Å²) < 4.78 is 0. The highest BCUT2D eigenvalue weighted by atomic mass is 16.2. The van der Waals surface area contributed by atoms with Gasteiger partial charge in [-0.25, -0.2) is 0 Å². The predicted octanol–water partition coefficient (Wildman–Crippen LogP) is 1.72. The lowest BCUT2D eigenvalue weighted by molar-refractivity contribution is -0.115. The molecule has 2 amide bonds. The van der Waals surface area contributed by atoms with Crippen molar-refractivity contribution in [2.24, 2.45) is 0 Å². The Bertz CT molecular complexity index is 690. The number of nitrogens with one attached hydrogen (secondary N) is 3. The van der Waals surface area contributed by atoms with E-state index in [2.05, 4.69) is 20.8 Å². The lowest BCUT2D eigenvalue weighted by atomic mass is 10.1. The summed E-state index contributed by atoms with van der Waals surface area (Å²) in [6, 6.07) is 5.19. The number of carbonyl (C=O) groups excluding carboxylic acids is 2. The van der Waals surface area contributed by atoms with Crippen molar-refractivity contribution in [3.05, 3.63) is 41.1 Å². The van der Waals surface area contributed by atoms with Gasteiger partial charge in [-0.3, -0.25) is 14.7 Å². The number of benzene rings is 1. The molecule has 102 valence electrons. The van der Waals surface area contributed by atoms with Crippen LogP contribution in [0.2, 0.25) is 0 Å². The van der Waals surface area contributed by atoms with Crippen LogP contribution >= 0.6 is 0 Å². The van der Waals surface area contributed by atoms with Crippen molar-refractivity contribution in [2.75, 3.05) is 10.6 Å². The lowest BCUT2D eigenvalue weighted by Crippen LogP contribution is -2.13. The van der Waals surface area contributed by atoms with Crippen LogP contribution < -0.4 is 10.6 Å². The largest absolute Gasteiger partial charge is 0.326 e. The average Bonchev–Trinajstić information content (AvgIpc) is 3.02. The zero-order chi connectivity index (χ0) is 14.1. The number of rotatable bonds is 3. The third-order valence-electron chi connectivity index (χ3n) is 3.33. The van der Waals surface area contributed by atoms with Gasteiger partial charge in [-0.2, -0.15) is 5.10 Å². The Labute approximate surface area is 115 Å². The molecule has 1 aliphatic rings. The molecule has 0 unspecified atom stereocenters. The van der Waals surface area contributed by atoms with Crippen LogP contribution in [0.25, 0.3) is 0 Å². The van der Waals surface area contributed by atoms with Crippen molar-refractivity contribution in [2.45, 2.75) is 19.8 Å². The van der Waals surface area contributed by atoms with Gasteiger partial charge in [-0.05, 0) is 30.2 Å². The first-order valence-corrected chi connectivity index (χ1v) is 6.43. The summed E-state index contributed by atoms with van der Waals surface area (Å²) in [7, 11) is 0. The maximum Gasteiger partial charge on any atom is 0.256 e. The number of amides is 2. The van der Waals surface area contributed by atoms with Crippen molar-refractivity contribution in [3.8, 4) is 0 Å². The number of carbonyl (C=O) groups is 2. The summed E-state index contributed by atoms with van der Waals surface area (Å²) in [6.07, 6.45) is 2.80. The zero-order valence-electron chi connectivity index (χ0n) is 11.0. The standard InChI is InChI=1S/C14H14N4O2/c1-2-8-7-15-18-13(8)17-14(20)9-3-4-11-10(5-9)6-12(19)16-11/h3-5,7H,2,6H2,1H3,(H,16,19)(H2,15,17,18,20). The van der Waals surface area contributed by atoms with Gasteiger partial charge < -0.3 is 10.6 Å². The van der Waals surface area contributed by atoms with E-state index in [1.54, 1.807) is 24.4 Å². The Hall–Kier alpha value is -2.63. The molecule has 1 aromatic heterocycles.